The minimum atomic E-state index is -0.942. The summed E-state index contributed by atoms with van der Waals surface area (Å²) in [6.07, 6.45) is -1.16. The Morgan fingerprint density at radius 1 is 1.07 bits per heavy atom. The second-order valence-corrected chi connectivity index (χ2v) is 7.20. The summed E-state index contributed by atoms with van der Waals surface area (Å²) in [6, 6.07) is 8.35. The molecule has 2 amide bonds. The van der Waals surface area contributed by atoms with Gasteiger partial charge in [-0.2, -0.15) is 0 Å². The highest BCUT2D eigenvalue weighted by Gasteiger charge is 2.40. The van der Waals surface area contributed by atoms with E-state index in [-0.39, 0.29) is 26.2 Å². The SMILES string of the molecule is COC(=O)[C@@H]1CN(C(=O)OCc2ccccc2)CCN1C(=O)OC(C)(C)C. The Morgan fingerprint density at radius 3 is 2.33 bits per heavy atom. The van der Waals surface area contributed by atoms with Gasteiger partial charge in [-0.1, -0.05) is 30.3 Å². The molecule has 148 valence electrons. The lowest BCUT2D eigenvalue weighted by Gasteiger charge is -2.39. The van der Waals surface area contributed by atoms with Crippen molar-refractivity contribution in [1.29, 1.82) is 0 Å². The van der Waals surface area contributed by atoms with E-state index in [4.69, 9.17) is 14.2 Å². The molecule has 0 aliphatic carbocycles. The molecule has 0 spiro atoms. The van der Waals surface area contributed by atoms with Gasteiger partial charge < -0.3 is 19.1 Å². The summed E-state index contributed by atoms with van der Waals surface area (Å²) >= 11 is 0. The molecule has 8 heteroatoms. The fourth-order valence-corrected chi connectivity index (χ4v) is 2.64. The van der Waals surface area contributed by atoms with Gasteiger partial charge in [-0.25, -0.2) is 14.4 Å². The second kappa shape index (κ2) is 8.75. The highest BCUT2D eigenvalue weighted by Crippen LogP contribution is 2.18. The van der Waals surface area contributed by atoms with E-state index in [1.54, 1.807) is 20.8 Å². The van der Waals surface area contributed by atoms with Crippen LogP contribution in [0, 0.1) is 0 Å². The van der Waals surface area contributed by atoms with Crippen LogP contribution in [0.3, 0.4) is 0 Å². The Labute approximate surface area is 159 Å². The molecule has 1 aliphatic heterocycles. The number of hydrogen-bond acceptors (Lipinski definition) is 6. The topological polar surface area (TPSA) is 85.4 Å². The van der Waals surface area contributed by atoms with Crippen molar-refractivity contribution in [3.8, 4) is 0 Å². The molecule has 2 rings (SSSR count). The average molecular weight is 378 g/mol. The fraction of sp³-hybridized carbons (Fsp3) is 0.526. The lowest BCUT2D eigenvalue weighted by atomic mass is 10.1. The van der Waals surface area contributed by atoms with Crippen molar-refractivity contribution in [3.05, 3.63) is 35.9 Å². The number of amides is 2. The molecule has 0 N–H and O–H groups in total. The van der Waals surface area contributed by atoms with Crippen LogP contribution in [0.15, 0.2) is 30.3 Å². The first kappa shape index (κ1) is 20.5. The van der Waals surface area contributed by atoms with Gasteiger partial charge in [0.2, 0.25) is 0 Å². The van der Waals surface area contributed by atoms with Crippen molar-refractivity contribution in [2.45, 2.75) is 39.0 Å². The number of carbonyl (C=O) groups excluding carboxylic acids is 3. The van der Waals surface area contributed by atoms with E-state index in [2.05, 4.69) is 0 Å². The van der Waals surface area contributed by atoms with E-state index in [0.717, 1.165) is 5.56 Å². The van der Waals surface area contributed by atoms with Crippen molar-refractivity contribution in [3.63, 3.8) is 0 Å². The zero-order valence-electron chi connectivity index (χ0n) is 16.1. The van der Waals surface area contributed by atoms with Crippen molar-refractivity contribution >= 4 is 18.2 Å². The number of carbonyl (C=O) groups is 3. The van der Waals surface area contributed by atoms with Crippen LogP contribution in [0.4, 0.5) is 9.59 Å². The Hall–Kier alpha value is -2.77. The van der Waals surface area contributed by atoms with Crippen LogP contribution in [0.2, 0.25) is 0 Å². The Morgan fingerprint density at radius 2 is 1.74 bits per heavy atom. The van der Waals surface area contributed by atoms with Gasteiger partial charge in [0.15, 0.2) is 6.04 Å². The van der Waals surface area contributed by atoms with Crippen LogP contribution in [0.25, 0.3) is 0 Å². The molecule has 1 fully saturated rings. The third kappa shape index (κ3) is 5.87. The average Bonchev–Trinajstić information content (AvgIpc) is 2.64. The van der Waals surface area contributed by atoms with Gasteiger partial charge in [0.1, 0.15) is 12.2 Å². The monoisotopic (exact) mass is 378 g/mol. The van der Waals surface area contributed by atoms with Gasteiger partial charge in [-0.15, -0.1) is 0 Å². The Kier molecular flexibility index (Phi) is 6.65. The van der Waals surface area contributed by atoms with Crippen LogP contribution in [-0.4, -0.2) is 66.3 Å². The van der Waals surface area contributed by atoms with Gasteiger partial charge >= 0.3 is 18.2 Å². The number of nitrogens with zero attached hydrogens (tertiary/aromatic N) is 2. The molecule has 0 unspecified atom stereocenters. The van der Waals surface area contributed by atoms with Gasteiger partial charge in [0.25, 0.3) is 0 Å². The predicted molar refractivity (Wildman–Crippen MR) is 96.9 cm³/mol. The molecular formula is C19H26N2O6. The molecule has 1 aliphatic rings. The lowest BCUT2D eigenvalue weighted by Crippen LogP contribution is -2.60. The highest BCUT2D eigenvalue weighted by molar-refractivity contribution is 5.83. The van der Waals surface area contributed by atoms with E-state index in [9.17, 15) is 14.4 Å². The van der Waals surface area contributed by atoms with Gasteiger partial charge in [-0.3, -0.25) is 4.90 Å². The summed E-state index contributed by atoms with van der Waals surface area (Å²) in [5, 5.41) is 0. The zero-order chi connectivity index (χ0) is 20.0. The molecule has 0 bridgehead atoms. The largest absolute Gasteiger partial charge is 0.467 e. The second-order valence-electron chi connectivity index (χ2n) is 7.20. The molecule has 1 heterocycles. The van der Waals surface area contributed by atoms with E-state index < -0.39 is 29.8 Å². The number of benzene rings is 1. The van der Waals surface area contributed by atoms with Crippen molar-refractivity contribution in [2.75, 3.05) is 26.7 Å². The molecule has 0 saturated carbocycles. The van der Waals surface area contributed by atoms with Crippen LogP contribution in [-0.2, 0) is 25.6 Å². The Balaban J connectivity index is 2.01. The number of piperazine rings is 1. The van der Waals surface area contributed by atoms with Crippen LogP contribution >= 0.6 is 0 Å². The molecule has 1 atom stereocenters. The number of hydrogen-bond donors (Lipinski definition) is 0. The maximum atomic E-state index is 12.4. The number of rotatable bonds is 3. The standard InChI is InChI=1S/C19H26N2O6/c1-19(2,3)27-18(24)21-11-10-20(12-15(21)16(22)25-4)17(23)26-13-14-8-6-5-7-9-14/h5-9,15H,10-13H2,1-4H3/t15-/m0/s1. The van der Waals surface area contributed by atoms with Gasteiger partial charge in [-0.05, 0) is 26.3 Å². The summed E-state index contributed by atoms with van der Waals surface area (Å²) in [4.78, 5) is 39.6. The van der Waals surface area contributed by atoms with Crippen LogP contribution in [0.1, 0.15) is 26.3 Å². The minimum Gasteiger partial charge on any atom is -0.467 e. The molecule has 1 saturated heterocycles. The molecule has 27 heavy (non-hydrogen) atoms. The summed E-state index contributed by atoms with van der Waals surface area (Å²) in [6.45, 7) is 5.74. The minimum absolute atomic E-state index is 0.0143. The summed E-state index contributed by atoms with van der Waals surface area (Å²) in [5.41, 5.74) is 0.173. The van der Waals surface area contributed by atoms with Crippen LogP contribution in [0.5, 0.6) is 0 Å². The molecule has 1 aromatic carbocycles. The maximum absolute atomic E-state index is 12.4. The van der Waals surface area contributed by atoms with Gasteiger partial charge in [0.05, 0.1) is 13.7 Å². The molecule has 0 radical (unpaired) electrons. The number of esters is 1. The van der Waals surface area contributed by atoms with Crippen molar-refractivity contribution < 1.29 is 28.6 Å². The van der Waals surface area contributed by atoms with E-state index in [1.165, 1.54) is 16.9 Å². The normalized spacial score (nSPS) is 17.3. The first-order valence-corrected chi connectivity index (χ1v) is 8.74. The smallest absolute Gasteiger partial charge is 0.411 e. The molecule has 8 nitrogen and oxygen atoms in total. The van der Waals surface area contributed by atoms with E-state index in [1.807, 2.05) is 30.3 Å². The Bertz CT molecular complexity index is 671. The molecular weight excluding hydrogens is 352 g/mol. The molecule has 1 aromatic rings. The predicted octanol–water partition coefficient (Wildman–Crippen LogP) is 2.42. The maximum Gasteiger partial charge on any atom is 0.411 e. The van der Waals surface area contributed by atoms with E-state index >= 15 is 0 Å². The summed E-state index contributed by atoms with van der Waals surface area (Å²) in [5.74, 6) is -0.610. The summed E-state index contributed by atoms with van der Waals surface area (Å²) < 4.78 is 15.4. The highest BCUT2D eigenvalue weighted by atomic mass is 16.6. The first-order chi connectivity index (χ1) is 12.7. The van der Waals surface area contributed by atoms with Crippen molar-refractivity contribution in [1.82, 2.24) is 9.80 Å². The first-order valence-electron chi connectivity index (χ1n) is 8.74. The zero-order valence-corrected chi connectivity index (χ0v) is 16.1. The molecule has 0 aromatic heterocycles. The van der Waals surface area contributed by atoms with E-state index in [0.29, 0.717) is 0 Å². The lowest BCUT2D eigenvalue weighted by molar-refractivity contribution is -0.148. The third-order valence-corrected chi connectivity index (χ3v) is 3.94. The number of methoxy groups -OCH3 is 1. The fourth-order valence-electron chi connectivity index (χ4n) is 2.64. The van der Waals surface area contributed by atoms with Crippen LogP contribution < -0.4 is 0 Å². The van der Waals surface area contributed by atoms with Gasteiger partial charge in [0, 0.05) is 13.1 Å². The number of ether oxygens (including phenoxy) is 3. The quantitative estimate of drug-likeness (QED) is 0.593. The van der Waals surface area contributed by atoms with Crippen molar-refractivity contribution in [2.24, 2.45) is 0 Å². The summed E-state index contributed by atoms with van der Waals surface area (Å²) in [7, 11) is 1.24. The third-order valence-electron chi connectivity index (χ3n) is 3.94.